The highest BCUT2D eigenvalue weighted by Crippen LogP contribution is 2.26. The molecular formula is C13H18ClN3. The van der Waals surface area contributed by atoms with E-state index in [4.69, 9.17) is 22.6 Å². The molecule has 0 saturated heterocycles. The molecule has 0 heterocycles. The van der Waals surface area contributed by atoms with Gasteiger partial charge in [-0.25, -0.2) is 0 Å². The molecule has 0 saturated carbocycles. The molecule has 0 radical (unpaired) electrons. The van der Waals surface area contributed by atoms with E-state index in [1.54, 1.807) is 12.1 Å². The van der Waals surface area contributed by atoms with Crippen LogP contribution in [0.3, 0.4) is 0 Å². The van der Waals surface area contributed by atoms with Crippen LogP contribution in [-0.4, -0.2) is 20.1 Å². The van der Waals surface area contributed by atoms with Gasteiger partial charge < -0.3 is 10.6 Å². The van der Waals surface area contributed by atoms with Crippen molar-refractivity contribution in [3.05, 3.63) is 28.8 Å². The largest absolute Gasteiger partial charge is 0.373 e. The van der Waals surface area contributed by atoms with Gasteiger partial charge in [0.1, 0.15) is 6.07 Å². The zero-order valence-corrected chi connectivity index (χ0v) is 11.3. The van der Waals surface area contributed by atoms with Gasteiger partial charge >= 0.3 is 0 Å². The van der Waals surface area contributed by atoms with Gasteiger partial charge in [-0.2, -0.15) is 5.26 Å². The third kappa shape index (κ3) is 3.62. The zero-order valence-electron chi connectivity index (χ0n) is 10.5. The van der Waals surface area contributed by atoms with E-state index < -0.39 is 0 Å². The van der Waals surface area contributed by atoms with E-state index in [0.717, 1.165) is 12.2 Å². The lowest BCUT2D eigenvalue weighted by molar-refractivity contribution is 0.385. The second-order valence-corrected chi connectivity index (χ2v) is 5.43. The molecule has 1 aromatic carbocycles. The van der Waals surface area contributed by atoms with Crippen molar-refractivity contribution in [2.24, 2.45) is 11.1 Å². The van der Waals surface area contributed by atoms with Crippen LogP contribution in [0.5, 0.6) is 0 Å². The maximum atomic E-state index is 9.07. The van der Waals surface area contributed by atoms with E-state index in [0.29, 0.717) is 17.1 Å². The van der Waals surface area contributed by atoms with Crippen molar-refractivity contribution in [2.75, 3.05) is 25.0 Å². The molecule has 0 aliphatic rings. The molecule has 4 heteroatoms. The minimum Gasteiger partial charge on any atom is -0.373 e. The molecule has 0 fully saturated rings. The molecular weight excluding hydrogens is 234 g/mol. The number of hydrogen-bond acceptors (Lipinski definition) is 3. The first-order valence-corrected chi connectivity index (χ1v) is 5.88. The van der Waals surface area contributed by atoms with Crippen LogP contribution in [0.4, 0.5) is 5.69 Å². The summed E-state index contributed by atoms with van der Waals surface area (Å²) >= 11 is 5.96. The summed E-state index contributed by atoms with van der Waals surface area (Å²) < 4.78 is 0. The molecule has 17 heavy (non-hydrogen) atoms. The van der Waals surface area contributed by atoms with Crippen LogP contribution >= 0.6 is 11.6 Å². The van der Waals surface area contributed by atoms with Crippen LogP contribution in [0.1, 0.15) is 19.4 Å². The lowest BCUT2D eigenvalue weighted by atomic mass is 9.93. The molecule has 1 rings (SSSR count). The van der Waals surface area contributed by atoms with Crippen molar-refractivity contribution < 1.29 is 0 Å². The first kappa shape index (κ1) is 13.8. The summed E-state index contributed by atoms with van der Waals surface area (Å²) in [5.74, 6) is 0. The Morgan fingerprint density at radius 3 is 2.65 bits per heavy atom. The first-order valence-electron chi connectivity index (χ1n) is 5.50. The van der Waals surface area contributed by atoms with Crippen LogP contribution < -0.4 is 10.6 Å². The van der Waals surface area contributed by atoms with Gasteiger partial charge in [0.25, 0.3) is 0 Å². The third-order valence-corrected chi connectivity index (χ3v) is 2.94. The Bertz CT molecular complexity index is 435. The highest BCUT2D eigenvalue weighted by molar-refractivity contribution is 6.30. The van der Waals surface area contributed by atoms with E-state index >= 15 is 0 Å². The number of nitrogens with two attached hydrogens (primary N) is 1. The second-order valence-electron chi connectivity index (χ2n) is 5.00. The molecule has 0 aliphatic heterocycles. The summed E-state index contributed by atoms with van der Waals surface area (Å²) in [6, 6.07) is 7.46. The van der Waals surface area contributed by atoms with Gasteiger partial charge in [-0.15, -0.1) is 0 Å². The molecule has 0 aromatic heterocycles. The number of nitrogens with zero attached hydrogens (tertiary/aromatic N) is 2. The smallest absolute Gasteiger partial charge is 0.101 e. The fraction of sp³-hybridized carbons (Fsp3) is 0.462. The highest BCUT2D eigenvalue weighted by Gasteiger charge is 2.19. The lowest BCUT2D eigenvalue weighted by Gasteiger charge is -2.31. The highest BCUT2D eigenvalue weighted by atomic mass is 35.5. The van der Waals surface area contributed by atoms with E-state index in [1.165, 1.54) is 0 Å². The minimum atomic E-state index is 0.00376. The number of benzene rings is 1. The van der Waals surface area contributed by atoms with Gasteiger partial charge in [-0.05, 0) is 30.2 Å². The van der Waals surface area contributed by atoms with Gasteiger partial charge in [0, 0.05) is 18.6 Å². The lowest BCUT2D eigenvalue weighted by Crippen LogP contribution is -2.37. The summed E-state index contributed by atoms with van der Waals surface area (Å²) in [4.78, 5) is 2.03. The van der Waals surface area contributed by atoms with Crippen molar-refractivity contribution in [1.82, 2.24) is 0 Å². The fourth-order valence-corrected chi connectivity index (χ4v) is 1.87. The Balaban J connectivity index is 3.00. The molecule has 0 unspecified atom stereocenters. The summed E-state index contributed by atoms with van der Waals surface area (Å²) in [5.41, 5.74) is 7.20. The monoisotopic (exact) mass is 251 g/mol. The summed E-state index contributed by atoms with van der Waals surface area (Å²) in [6.45, 7) is 5.57. The van der Waals surface area contributed by atoms with Crippen molar-refractivity contribution >= 4 is 17.3 Å². The molecule has 0 amide bonds. The number of halogens is 1. The van der Waals surface area contributed by atoms with Gasteiger partial charge in [0.2, 0.25) is 0 Å². The maximum absolute atomic E-state index is 9.07. The maximum Gasteiger partial charge on any atom is 0.101 e. The summed E-state index contributed by atoms with van der Waals surface area (Å²) in [7, 11) is 1.95. The van der Waals surface area contributed by atoms with Crippen LogP contribution in [0, 0.1) is 16.7 Å². The number of anilines is 1. The number of rotatable bonds is 4. The molecule has 0 atom stereocenters. The van der Waals surface area contributed by atoms with E-state index in [1.807, 2.05) is 18.0 Å². The fourth-order valence-electron chi connectivity index (χ4n) is 1.71. The van der Waals surface area contributed by atoms with Gasteiger partial charge in [-0.1, -0.05) is 25.4 Å². The van der Waals surface area contributed by atoms with Crippen LogP contribution in [-0.2, 0) is 0 Å². The predicted octanol–water partition coefficient (Wildman–Crippen LogP) is 2.63. The SMILES string of the molecule is CN(CC(C)(C)CN)c1cc(Cl)ccc1C#N. The third-order valence-electron chi connectivity index (χ3n) is 2.71. The molecule has 2 N–H and O–H groups in total. The molecule has 0 bridgehead atoms. The van der Waals surface area contributed by atoms with E-state index in [2.05, 4.69) is 19.9 Å². The van der Waals surface area contributed by atoms with Crippen LogP contribution in [0.15, 0.2) is 18.2 Å². The Morgan fingerprint density at radius 2 is 2.12 bits per heavy atom. The Kier molecular flexibility index (Phi) is 4.39. The van der Waals surface area contributed by atoms with Gasteiger partial charge in [-0.3, -0.25) is 0 Å². The quantitative estimate of drug-likeness (QED) is 0.895. The molecule has 92 valence electrons. The zero-order chi connectivity index (χ0) is 13.1. The first-order chi connectivity index (χ1) is 7.89. The second kappa shape index (κ2) is 5.39. The topological polar surface area (TPSA) is 53.0 Å². The number of hydrogen-bond donors (Lipinski definition) is 1. The standard InChI is InChI=1S/C13H18ClN3/c1-13(2,8-16)9-17(3)12-6-11(14)5-4-10(12)7-15/h4-6H,8-9,16H2,1-3H3. The van der Waals surface area contributed by atoms with Gasteiger partial charge in [0.05, 0.1) is 11.3 Å². The Morgan fingerprint density at radius 1 is 1.47 bits per heavy atom. The van der Waals surface area contributed by atoms with Crippen molar-refractivity contribution in [1.29, 1.82) is 5.26 Å². The molecule has 0 spiro atoms. The molecule has 0 aliphatic carbocycles. The Labute approximate surface area is 108 Å². The molecule has 3 nitrogen and oxygen atoms in total. The van der Waals surface area contributed by atoms with Gasteiger partial charge in [0.15, 0.2) is 0 Å². The minimum absolute atomic E-state index is 0.00376. The van der Waals surface area contributed by atoms with E-state index in [-0.39, 0.29) is 5.41 Å². The Hall–Kier alpha value is -1.24. The molecule has 1 aromatic rings. The van der Waals surface area contributed by atoms with Crippen LogP contribution in [0.25, 0.3) is 0 Å². The van der Waals surface area contributed by atoms with Crippen molar-refractivity contribution in [3.8, 4) is 6.07 Å². The predicted molar refractivity (Wildman–Crippen MR) is 72.3 cm³/mol. The number of nitriles is 1. The van der Waals surface area contributed by atoms with Crippen LogP contribution in [0.2, 0.25) is 5.02 Å². The summed E-state index contributed by atoms with van der Waals surface area (Å²) in [6.07, 6.45) is 0. The van der Waals surface area contributed by atoms with Crippen molar-refractivity contribution in [3.63, 3.8) is 0 Å². The summed E-state index contributed by atoms with van der Waals surface area (Å²) in [5, 5.41) is 9.70. The van der Waals surface area contributed by atoms with Crippen molar-refractivity contribution in [2.45, 2.75) is 13.8 Å². The normalized spacial score (nSPS) is 11.1. The average molecular weight is 252 g/mol. The average Bonchev–Trinajstić information content (AvgIpc) is 2.28. The van der Waals surface area contributed by atoms with E-state index in [9.17, 15) is 0 Å².